The fraction of sp³-hybridized carbons (Fsp3) is 0.409. The van der Waals surface area contributed by atoms with Crippen molar-refractivity contribution in [3.63, 3.8) is 0 Å². The molecule has 1 aliphatic rings. The molecule has 3 aromatic heterocycles. The monoisotopic (exact) mass is 360 g/mol. The summed E-state index contributed by atoms with van der Waals surface area (Å²) in [5.41, 5.74) is 5.37. The summed E-state index contributed by atoms with van der Waals surface area (Å²) in [5, 5.41) is 10.9. The number of H-pyrrole nitrogens is 1. The number of aromatic amines is 1. The Morgan fingerprint density at radius 2 is 1.93 bits per heavy atom. The van der Waals surface area contributed by atoms with E-state index in [0.29, 0.717) is 23.6 Å². The van der Waals surface area contributed by atoms with E-state index in [1.807, 2.05) is 6.92 Å². The number of benzene rings is 1. The largest absolute Gasteiger partial charge is 0.420 e. The van der Waals surface area contributed by atoms with Gasteiger partial charge in [-0.15, -0.1) is 10.2 Å². The molecule has 0 spiro atoms. The lowest BCUT2D eigenvalue weighted by molar-refractivity contribution is 0.406. The predicted molar refractivity (Wildman–Crippen MR) is 107 cm³/mol. The SMILES string of the molecule is Cc1nc2[nH]c3c(C4CC4)cccc3c2cc1-c1nnc(C(C)C(C)C)o1. The van der Waals surface area contributed by atoms with Crippen molar-refractivity contribution in [3.8, 4) is 11.5 Å². The molecule has 1 aliphatic carbocycles. The summed E-state index contributed by atoms with van der Waals surface area (Å²) in [6, 6.07) is 8.70. The topological polar surface area (TPSA) is 67.6 Å². The molecule has 1 fully saturated rings. The van der Waals surface area contributed by atoms with Crippen molar-refractivity contribution >= 4 is 21.9 Å². The number of para-hydroxylation sites is 1. The first-order chi connectivity index (χ1) is 13.0. The third-order valence-electron chi connectivity index (χ3n) is 5.92. The van der Waals surface area contributed by atoms with Crippen LogP contribution in [-0.2, 0) is 0 Å². The van der Waals surface area contributed by atoms with Crippen LogP contribution >= 0.6 is 0 Å². The Kier molecular flexibility index (Phi) is 3.61. The maximum Gasteiger partial charge on any atom is 0.249 e. The molecule has 1 atom stereocenters. The zero-order valence-electron chi connectivity index (χ0n) is 16.2. The number of nitrogens with one attached hydrogen (secondary N) is 1. The van der Waals surface area contributed by atoms with Gasteiger partial charge in [-0.3, -0.25) is 0 Å². The van der Waals surface area contributed by atoms with E-state index in [9.17, 15) is 0 Å². The number of aromatic nitrogens is 4. The van der Waals surface area contributed by atoms with Gasteiger partial charge in [0.2, 0.25) is 11.8 Å². The van der Waals surface area contributed by atoms with Crippen molar-refractivity contribution in [1.82, 2.24) is 20.2 Å². The van der Waals surface area contributed by atoms with E-state index < -0.39 is 0 Å². The van der Waals surface area contributed by atoms with Crippen LogP contribution in [-0.4, -0.2) is 20.2 Å². The first-order valence-corrected chi connectivity index (χ1v) is 9.78. The Balaban J connectivity index is 1.66. The molecular weight excluding hydrogens is 336 g/mol. The highest BCUT2D eigenvalue weighted by Gasteiger charge is 2.27. The molecule has 3 heterocycles. The predicted octanol–water partition coefficient (Wildman–Crippen LogP) is 5.71. The summed E-state index contributed by atoms with van der Waals surface area (Å²) in [6.45, 7) is 8.45. The molecule has 5 rings (SSSR count). The van der Waals surface area contributed by atoms with E-state index in [1.54, 1.807) is 0 Å². The standard InChI is InChI=1S/C22H24N4O/c1-11(2)12(3)21-25-26-22(27-21)17-10-18-16-7-5-6-15(14-8-9-14)19(16)24-20(18)23-13(17)4/h5-7,10-12,14H,8-9H2,1-4H3,(H,23,24). The summed E-state index contributed by atoms with van der Waals surface area (Å²) >= 11 is 0. The van der Waals surface area contributed by atoms with E-state index in [4.69, 9.17) is 9.40 Å². The number of rotatable bonds is 4. The Hall–Kier alpha value is -2.69. The van der Waals surface area contributed by atoms with Gasteiger partial charge < -0.3 is 9.40 Å². The van der Waals surface area contributed by atoms with E-state index >= 15 is 0 Å². The van der Waals surface area contributed by atoms with Crippen molar-refractivity contribution in [2.45, 2.75) is 52.4 Å². The summed E-state index contributed by atoms with van der Waals surface area (Å²) < 4.78 is 6.01. The highest BCUT2D eigenvalue weighted by atomic mass is 16.4. The lowest BCUT2D eigenvalue weighted by Gasteiger charge is -2.09. The highest BCUT2D eigenvalue weighted by molar-refractivity contribution is 6.08. The highest BCUT2D eigenvalue weighted by Crippen LogP contribution is 2.44. The molecule has 1 unspecified atom stereocenters. The summed E-state index contributed by atoms with van der Waals surface area (Å²) in [6.07, 6.45) is 2.57. The van der Waals surface area contributed by atoms with Gasteiger partial charge in [-0.25, -0.2) is 4.98 Å². The molecule has 0 saturated heterocycles. The van der Waals surface area contributed by atoms with Gasteiger partial charge in [-0.2, -0.15) is 0 Å². The number of hydrogen-bond donors (Lipinski definition) is 1. The smallest absolute Gasteiger partial charge is 0.249 e. The lowest BCUT2D eigenvalue weighted by atomic mass is 9.98. The first kappa shape index (κ1) is 16.5. The molecule has 1 aromatic carbocycles. The number of aryl methyl sites for hydroxylation is 1. The molecule has 5 nitrogen and oxygen atoms in total. The second-order valence-corrected chi connectivity index (χ2v) is 8.16. The van der Waals surface area contributed by atoms with Gasteiger partial charge in [-0.05, 0) is 43.2 Å². The third kappa shape index (κ3) is 2.64. The van der Waals surface area contributed by atoms with Crippen molar-refractivity contribution in [3.05, 3.63) is 41.4 Å². The van der Waals surface area contributed by atoms with Crippen LogP contribution in [0.1, 0.15) is 62.6 Å². The number of pyridine rings is 1. The quantitative estimate of drug-likeness (QED) is 0.506. The number of nitrogens with zero attached hydrogens (tertiary/aromatic N) is 3. The molecule has 138 valence electrons. The minimum absolute atomic E-state index is 0.234. The molecule has 4 aromatic rings. The van der Waals surface area contributed by atoms with Crippen LogP contribution in [0.2, 0.25) is 0 Å². The van der Waals surface area contributed by atoms with Gasteiger partial charge in [0.15, 0.2) is 0 Å². The van der Waals surface area contributed by atoms with E-state index in [-0.39, 0.29) is 5.92 Å². The van der Waals surface area contributed by atoms with Gasteiger partial charge in [0, 0.05) is 16.7 Å². The fourth-order valence-corrected chi connectivity index (χ4v) is 3.72. The Labute approximate surface area is 158 Å². The Bertz CT molecular complexity index is 1150. The Morgan fingerprint density at radius 1 is 1.11 bits per heavy atom. The van der Waals surface area contributed by atoms with Crippen molar-refractivity contribution in [1.29, 1.82) is 0 Å². The van der Waals surface area contributed by atoms with Gasteiger partial charge >= 0.3 is 0 Å². The Morgan fingerprint density at radius 3 is 2.67 bits per heavy atom. The summed E-state index contributed by atoms with van der Waals surface area (Å²) in [7, 11) is 0. The van der Waals surface area contributed by atoms with Crippen LogP contribution in [0.15, 0.2) is 28.7 Å². The average molecular weight is 360 g/mol. The molecule has 27 heavy (non-hydrogen) atoms. The fourth-order valence-electron chi connectivity index (χ4n) is 3.72. The van der Waals surface area contributed by atoms with E-state index in [1.165, 1.54) is 29.3 Å². The van der Waals surface area contributed by atoms with Crippen molar-refractivity contribution < 1.29 is 4.42 Å². The molecule has 0 amide bonds. The lowest BCUT2D eigenvalue weighted by Crippen LogP contribution is -2.01. The molecule has 0 aliphatic heterocycles. The van der Waals surface area contributed by atoms with Gasteiger partial charge in [0.25, 0.3) is 0 Å². The first-order valence-electron chi connectivity index (χ1n) is 9.78. The summed E-state index contributed by atoms with van der Waals surface area (Å²) in [4.78, 5) is 8.36. The minimum Gasteiger partial charge on any atom is -0.420 e. The minimum atomic E-state index is 0.234. The van der Waals surface area contributed by atoms with Crippen LogP contribution in [0, 0.1) is 12.8 Å². The molecule has 0 bridgehead atoms. The van der Waals surface area contributed by atoms with Crippen LogP contribution in [0.4, 0.5) is 0 Å². The molecule has 1 N–H and O–H groups in total. The van der Waals surface area contributed by atoms with E-state index in [0.717, 1.165) is 22.3 Å². The number of fused-ring (bicyclic) bond motifs is 3. The molecule has 5 heteroatoms. The zero-order chi connectivity index (χ0) is 18.7. The van der Waals surface area contributed by atoms with Crippen LogP contribution in [0.3, 0.4) is 0 Å². The van der Waals surface area contributed by atoms with Crippen molar-refractivity contribution in [2.24, 2.45) is 5.92 Å². The third-order valence-corrected chi connectivity index (χ3v) is 5.92. The van der Waals surface area contributed by atoms with Crippen LogP contribution in [0.25, 0.3) is 33.4 Å². The van der Waals surface area contributed by atoms with Crippen LogP contribution in [0.5, 0.6) is 0 Å². The zero-order valence-corrected chi connectivity index (χ0v) is 16.2. The molecule has 1 saturated carbocycles. The molecular formula is C22H24N4O. The van der Waals surface area contributed by atoms with Gasteiger partial charge in [-0.1, -0.05) is 39.0 Å². The van der Waals surface area contributed by atoms with Gasteiger partial charge in [0.05, 0.1) is 16.8 Å². The normalized spacial score (nSPS) is 15.9. The summed E-state index contributed by atoms with van der Waals surface area (Å²) in [5.74, 6) is 2.62. The maximum absolute atomic E-state index is 6.01. The molecule has 0 radical (unpaired) electrons. The average Bonchev–Trinajstić information content (AvgIpc) is 3.26. The van der Waals surface area contributed by atoms with E-state index in [2.05, 4.69) is 60.2 Å². The maximum atomic E-state index is 6.01. The van der Waals surface area contributed by atoms with Gasteiger partial charge in [0.1, 0.15) is 5.65 Å². The number of hydrogen-bond acceptors (Lipinski definition) is 4. The second-order valence-electron chi connectivity index (χ2n) is 8.16. The second kappa shape index (κ2) is 5.91. The van der Waals surface area contributed by atoms with Crippen LogP contribution < -0.4 is 0 Å². The van der Waals surface area contributed by atoms with Crippen molar-refractivity contribution in [2.75, 3.05) is 0 Å².